The lowest BCUT2D eigenvalue weighted by Crippen LogP contribution is -2.52. The lowest BCUT2D eigenvalue weighted by atomic mass is 10.0. The maximum atomic E-state index is 12.5. The van der Waals surface area contributed by atoms with E-state index in [9.17, 15) is 4.79 Å². The van der Waals surface area contributed by atoms with Crippen molar-refractivity contribution in [3.05, 3.63) is 0 Å². The minimum Gasteiger partial charge on any atom is -0.342 e. The molecule has 1 atom stereocenters. The molecule has 2 saturated heterocycles. The predicted molar refractivity (Wildman–Crippen MR) is 92.0 cm³/mol. The Morgan fingerprint density at radius 1 is 1.00 bits per heavy atom. The van der Waals surface area contributed by atoms with Gasteiger partial charge in [-0.2, -0.15) is 0 Å². The van der Waals surface area contributed by atoms with Gasteiger partial charge in [0.1, 0.15) is 0 Å². The summed E-state index contributed by atoms with van der Waals surface area (Å²) in [6.45, 7) is 11.5. The molecule has 0 aromatic heterocycles. The normalized spacial score (nSPS) is 24.4. The summed E-state index contributed by atoms with van der Waals surface area (Å²) in [6, 6.07) is 0.688. The fourth-order valence-electron chi connectivity index (χ4n) is 3.95. The van der Waals surface area contributed by atoms with Gasteiger partial charge in [0, 0.05) is 25.7 Å². The van der Waals surface area contributed by atoms with Gasteiger partial charge in [0.2, 0.25) is 5.91 Å². The van der Waals surface area contributed by atoms with Crippen LogP contribution < -0.4 is 0 Å². The van der Waals surface area contributed by atoms with Crippen molar-refractivity contribution in [2.45, 2.75) is 64.8 Å². The molecule has 0 aromatic rings. The maximum Gasteiger partial charge on any atom is 0.236 e. The predicted octanol–water partition coefficient (Wildman–Crippen LogP) is 2.59. The van der Waals surface area contributed by atoms with Crippen LogP contribution in [0.2, 0.25) is 0 Å². The van der Waals surface area contributed by atoms with E-state index in [0.29, 0.717) is 18.5 Å². The minimum atomic E-state index is 0.336. The van der Waals surface area contributed by atoms with Gasteiger partial charge in [0.25, 0.3) is 0 Å². The second-order valence-electron chi connectivity index (χ2n) is 7.01. The Hall–Kier alpha value is -0.610. The van der Waals surface area contributed by atoms with Crippen molar-refractivity contribution in [1.82, 2.24) is 14.7 Å². The van der Waals surface area contributed by atoms with E-state index in [1.807, 2.05) is 0 Å². The first-order chi connectivity index (χ1) is 10.7. The molecule has 1 amide bonds. The topological polar surface area (TPSA) is 26.8 Å². The Morgan fingerprint density at radius 3 is 2.32 bits per heavy atom. The number of piperidine rings is 2. The van der Waals surface area contributed by atoms with E-state index in [2.05, 4.69) is 28.5 Å². The van der Waals surface area contributed by atoms with Crippen LogP contribution in [-0.2, 0) is 4.79 Å². The Morgan fingerprint density at radius 2 is 1.68 bits per heavy atom. The minimum absolute atomic E-state index is 0.336. The average molecular weight is 309 g/mol. The van der Waals surface area contributed by atoms with Crippen LogP contribution in [0.4, 0.5) is 0 Å². The fourth-order valence-corrected chi connectivity index (χ4v) is 3.95. The van der Waals surface area contributed by atoms with Crippen LogP contribution in [-0.4, -0.2) is 72.5 Å². The van der Waals surface area contributed by atoms with Gasteiger partial charge in [-0.15, -0.1) is 0 Å². The zero-order valence-corrected chi connectivity index (χ0v) is 14.7. The van der Waals surface area contributed by atoms with Gasteiger partial charge in [0.05, 0.1) is 6.54 Å². The molecule has 2 heterocycles. The summed E-state index contributed by atoms with van der Waals surface area (Å²) in [5.41, 5.74) is 0. The number of nitrogens with zero attached hydrogens (tertiary/aromatic N) is 3. The molecule has 2 fully saturated rings. The van der Waals surface area contributed by atoms with Crippen LogP contribution in [0.3, 0.4) is 0 Å². The fraction of sp³-hybridized carbons (Fsp3) is 0.944. The number of carbonyl (C=O) groups excluding carboxylic acids is 1. The zero-order valence-electron chi connectivity index (χ0n) is 14.7. The number of amides is 1. The van der Waals surface area contributed by atoms with Crippen molar-refractivity contribution >= 4 is 5.91 Å². The lowest BCUT2D eigenvalue weighted by molar-refractivity contribution is -0.133. The van der Waals surface area contributed by atoms with Crippen molar-refractivity contribution in [1.29, 1.82) is 0 Å². The van der Waals surface area contributed by atoms with Gasteiger partial charge >= 0.3 is 0 Å². The Labute approximate surface area is 136 Å². The standard InChI is InChI=1S/C18H35N3O/c1-3-10-21(11-4-2)18(22)16-19-12-8-9-17(15-19)20-13-6-5-7-14-20/h17H,3-16H2,1-2H3. The Bertz CT molecular complexity index is 322. The van der Waals surface area contributed by atoms with Crippen molar-refractivity contribution in [3.63, 3.8) is 0 Å². The van der Waals surface area contributed by atoms with Crippen molar-refractivity contribution in [3.8, 4) is 0 Å². The van der Waals surface area contributed by atoms with Crippen molar-refractivity contribution in [2.24, 2.45) is 0 Å². The second-order valence-corrected chi connectivity index (χ2v) is 7.01. The molecule has 0 saturated carbocycles. The molecule has 0 aromatic carbocycles. The van der Waals surface area contributed by atoms with Gasteiger partial charge < -0.3 is 4.90 Å². The molecule has 22 heavy (non-hydrogen) atoms. The summed E-state index contributed by atoms with van der Waals surface area (Å²) in [5.74, 6) is 0.336. The van der Waals surface area contributed by atoms with E-state index in [4.69, 9.17) is 0 Å². The third kappa shape index (κ3) is 5.24. The first-order valence-corrected chi connectivity index (χ1v) is 9.48. The molecule has 0 spiro atoms. The average Bonchev–Trinajstić information content (AvgIpc) is 2.56. The first kappa shape index (κ1) is 17.7. The Balaban J connectivity index is 1.82. The number of carbonyl (C=O) groups is 1. The molecule has 0 N–H and O–H groups in total. The highest BCUT2D eigenvalue weighted by molar-refractivity contribution is 5.78. The molecular formula is C18H35N3O. The van der Waals surface area contributed by atoms with Crippen LogP contribution in [0.15, 0.2) is 0 Å². The smallest absolute Gasteiger partial charge is 0.236 e. The van der Waals surface area contributed by atoms with Crippen LogP contribution in [0.5, 0.6) is 0 Å². The van der Waals surface area contributed by atoms with E-state index in [-0.39, 0.29) is 0 Å². The largest absolute Gasteiger partial charge is 0.342 e. The molecule has 2 rings (SSSR count). The lowest BCUT2D eigenvalue weighted by Gasteiger charge is -2.41. The zero-order chi connectivity index (χ0) is 15.8. The van der Waals surface area contributed by atoms with Crippen LogP contribution in [0, 0.1) is 0 Å². The van der Waals surface area contributed by atoms with E-state index >= 15 is 0 Å². The van der Waals surface area contributed by atoms with Crippen LogP contribution >= 0.6 is 0 Å². The highest BCUT2D eigenvalue weighted by atomic mass is 16.2. The second kappa shape index (κ2) is 9.51. The number of likely N-dealkylation sites (tertiary alicyclic amines) is 2. The van der Waals surface area contributed by atoms with Crippen LogP contribution in [0.25, 0.3) is 0 Å². The van der Waals surface area contributed by atoms with E-state index in [0.717, 1.165) is 39.0 Å². The molecular weight excluding hydrogens is 274 g/mol. The summed E-state index contributed by atoms with van der Waals surface area (Å²) in [4.78, 5) is 19.7. The molecule has 1 unspecified atom stereocenters. The van der Waals surface area contributed by atoms with Gasteiger partial charge in [0.15, 0.2) is 0 Å². The maximum absolute atomic E-state index is 12.5. The number of rotatable bonds is 7. The summed E-state index contributed by atoms with van der Waals surface area (Å²) >= 11 is 0. The molecule has 2 aliphatic rings. The van der Waals surface area contributed by atoms with Crippen molar-refractivity contribution in [2.75, 3.05) is 45.8 Å². The molecule has 0 aliphatic carbocycles. The summed E-state index contributed by atoms with van der Waals surface area (Å²) in [7, 11) is 0. The summed E-state index contributed by atoms with van der Waals surface area (Å²) < 4.78 is 0. The molecule has 4 nitrogen and oxygen atoms in total. The SMILES string of the molecule is CCCN(CCC)C(=O)CN1CCCC(N2CCCCC2)C1. The highest BCUT2D eigenvalue weighted by Crippen LogP contribution is 2.20. The summed E-state index contributed by atoms with van der Waals surface area (Å²) in [6.07, 6.45) is 8.79. The van der Waals surface area contributed by atoms with E-state index in [1.165, 1.54) is 45.2 Å². The summed E-state index contributed by atoms with van der Waals surface area (Å²) in [5, 5.41) is 0. The third-order valence-electron chi connectivity index (χ3n) is 5.09. The molecule has 128 valence electrons. The van der Waals surface area contributed by atoms with Gasteiger partial charge in [-0.25, -0.2) is 0 Å². The van der Waals surface area contributed by atoms with Gasteiger partial charge in [-0.05, 0) is 58.2 Å². The van der Waals surface area contributed by atoms with Crippen LogP contribution in [0.1, 0.15) is 58.8 Å². The van der Waals surface area contributed by atoms with Gasteiger partial charge in [-0.3, -0.25) is 14.6 Å². The number of hydrogen-bond acceptors (Lipinski definition) is 3. The first-order valence-electron chi connectivity index (χ1n) is 9.48. The number of hydrogen-bond donors (Lipinski definition) is 0. The molecule has 4 heteroatoms. The Kier molecular flexibility index (Phi) is 7.67. The monoisotopic (exact) mass is 309 g/mol. The van der Waals surface area contributed by atoms with E-state index < -0.39 is 0 Å². The molecule has 0 bridgehead atoms. The molecule has 0 radical (unpaired) electrons. The third-order valence-corrected chi connectivity index (χ3v) is 5.09. The van der Waals surface area contributed by atoms with Crippen molar-refractivity contribution < 1.29 is 4.79 Å². The highest BCUT2D eigenvalue weighted by Gasteiger charge is 2.27. The quantitative estimate of drug-likeness (QED) is 0.723. The molecule has 2 aliphatic heterocycles. The van der Waals surface area contributed by atoms with E-state index in [1.54, 1.807) is 0 Å². The van der Waals surface area contributed by atoms with Gasteiger partial charge in [-0.1, -0.05) is 20.3 Å².